The standard InChI is InChI=1S/C25H32F3N5O3/c26-25(27,28)36-20-3-1-2-16(12-20)4-7-23(34)33-14-18-8-10-32(11-9-19(18)15-33)24(35)17-5-6-21-22(13-17)30-31-29-21/h1-4,7,12,17-19,21-22,29-31H,5-6,8-11,13-15H2/b7-4+/t17?,18-,19+,21?,22?. The minimum Gasteiger partial charge on any atom is -0.406 e. The first kappa shape index (κ1) is 25.0. The number of halogens is 3. The SMILES string of the molecule is O=C(/C=C/c1cccc(OC(F)(F)F)c1)N1C[C@H]2CCN(C(=O)C3CCC4NNNC4C3)CC[C@H]2C1. The van der Waals surface area contributed by atoms with Gasteiger partial charge < -0.3 is 14.5 Å². The van der Waals surface area contributed by atoms with Crippen molar-refractivity contribution in [3.63, 3.8) is 0 Å². The predicted molar refractivity (Wildman–Crippen MR) is 126 cm³/mol. The van der Waals surface area contributed by atoms with E-state index < -0.39 is 6.36 Å². The average Bonchev–Trinajstić information content (AvgIpc) is 3.43. The maximum atomic E-state index is 13.2. The Hall–Kier alpha value is -2.63. The van der Waals surface area contributed by atoms with Gasteiger partial charge in [-0.1, -0.05) is 12.1 Å². The number of fused-ring (bicyclic) bond motifs is 2. The molecule has 1 aromatic rings. The number of hydrogen-bond donors (Lipinski definition) is 3. The highest BCUT2D eigenvalue weighted by molar-refractivity contribution is 5.92. The van der Waals surface area contributed by atoms with Gasteiger partial charge in [-0.3, -0.25) is 9.59 Å². The molecule has 3 aliphatic heterocycles. The topological polar surface area (TPSA) is 85.9 Å². The first-order valence-corrected chi connectivity index (χ1v) is 12.6. The van der Waals surface area contributed by atoms with Crippen LogP contribution in [0.2, 0.25) is 0 Å². The van der Waals surface area contributed by atoms with Crippen LogP contribution in [0.3, 0.4) is 0 Å². The van der Waals surface area contributed by atoms with Crippen LogP contribution in [0.4, 0.5) is 13.2 Å². The van der Waals surface area contributed by atoms with E-state index in [1.165, 1.54) is 30.4 Å². The van der Waals surface area contributed by atoms with Crippen molar-refractivity contribution in [2.24, 2.45) is 17.8 Å². The highest BCUT2D eigenvalue weighted by atomic mass is 19.4. The summed E-state index contributed by atoms with van der Waals surface area (Å²) in [6.07, 6.45) is 2.63. The number of hydrazine groups is 2. The second kappa shape index (κ2) is 10.4. The van der Waals surface area contributed by atoms with Crippen molar-refractivity contribution in [3.8, 4) is 5.75 Å². The van der Waals surface area contributed by atoms with Gasteiger partial charge in [-0.15, -0.1) is 13.2 Å². The molecule has 5 rings (SSSR count). The number of rotatable bonds is 4. The second-order valence-electron chi connectivity index (χ2n) is 10.3. The third kappa shape index (κ3) is 5.84. The molecule has 196 valence electrons. The van der Waals surface area contributed by atoms with Gasteiger partial charge in [0.15, 0.2) is 0 Å². The predicted octanol–water partition coefficient (Wildman–Crippen LogP) is 2.45. The number of ether oxygens (including phenoxy) is 1. The van der Waals surface area contributed by atoms with Crippen LogP contribution in [0.1, 0.15) is 37.7 Å². The first-order chi connectivity index (χ1) is 17.2. The van der Waals surface area contributed by atoms with E-state index in [1.54, 1.807) is 6.07 Å². The van der Waals surface area contributed by atoms with Crippen LogP contribution >= 0.6 is 0 Å². The molecule has 3 unspecified atom stereocenters. The van der Waals surface area contributed by atoms with Crippen molar-refractivity contribution < 1.29 is 27.5 Å². The van der Waals surface area contributed by atoms with Gasteiger partial charge in [-0.25, -0.2) is 10.9 Å². The van der Waals surface area contributed by atoms with Crippen molar-refractivity contribution in [2.75, 3.05) is 26.2 Å². The van der Waals surface area contributed by atoms with Crippen LogP contribution in [0.25, 0.3) is 6.08 Å². The van der Waals surface area contributed by atoms with Gasteiger partial charge in [-0.05, 0) is 67.7 Å². The van der Waals surface area contributed by atoms with Crippen LogP contribution in [-0.4, -0.2) is 66.2 Å². The molecule has 0 bridgehead atoms. The smallest absolute Gasteiger partial charge is 0.406 e. The summed E-state index contributed by atoms with van der Waals surface area (Å²) in [5.74, 6) is 0.548. The molecule has 11 heteroatoms. The Kier molecular flexibility index (Phi) is 7.23. The van der Waals surface area contributed by atoms with Gasteiger partial charge in [0, 0.05) is 50.3 Å². The van der Waals surface area contributed by atoms with Gasteiger partial charge in [0.1, 0.15) is 5.75 Å². The number of likely N-dealkylation sites (tertiary alicyclic amines) is 2. The van der Waals surface area contributed by atoms with E-state index in [9.17, 15) is 22.8 Å². The van der Waals surface area contributed by atoms with E-state index in [4.69, 9.17) is 0 Å². The van der Waals surface area contributed by atoms with Gasteiger partial charge in [-0.2, -0.15) is 5.53 Å². The molecule has 1 aliphatic carbocycles. The number of carbonyl (C=O) groups excluding carboxylic acids is 2. The number of nitrogens with zero attached hydrogens (tertiary/aromatic N) is 2. The van der Waals surface area contributed by atoms with Crippen LogP contribution in [0.15, 0.2) is 30.3 Å². The highest BCUT2D eigenvalue weighted by Crippen LogP contribution is 2.34. The summed E-state index contributed by atoms with van der Waals surface area (Å²) in [6.45, 7) is 2.72. The van der Waals surface area contributed by atoms with Crippen LogP contribution in [-0.2, 0) is 9.59 Å². The Morgan fingerprint density at radius 2 is 1.69 bits per heavy atom. The van der Waals surface area contributed by atoms with Gasteiger partial charge in [0.2, 0.25) is 11.8 Å². The Balaban J connectivity index is 1.12. The van der Waals surface area contributed by atoms with Crippen LogP contribution in [0.5, 0.6) is 5.75 Å². The summed E-state index contributed by atoms with van der Waals surface area (Å²) in [5, 5.41) is 0. The number of benzene rings is 1. The molecular weight excluding hydrogens is 475 g/mol. The fourth-order valence-corrected chi connectivity index (χ4v) is 6.05. The van der Waals surface area contributed by atoms with Gasteiger partial charge in [0.25, 0.3) is 0 Å². The molecule has 1 saturated carbocycles. The van der Waals surface area contributed by atoms with Gasteiger partial charge in [0.05, 0.1) is 0 Å². The number of alkyl halides is 3. The van der Waals surface area contributed by atoms with Crippen molar-refractivity contribution in [1.82, 2.24) is 26.2 Å². The molecule has 5 atom stereocenters. The van der Waals surface area contributed by atoms with E-state index in [0.717, 1.165) is 45.2 Å². The van der Waals surface area contributed by atoms with E-state index in [2.05, 4.69) is 21.1 Å². The van der Waals surface area contributed by atoms with Crippen molar-refractivity contribution in [3.05, 3.63) is 35.9 Å². The summed E-state index contributed by atoms with van der Waals surface area (Å²) >= 11 is 0. The van der Waals surface area contributed by atoms with Crippen molar-refractivity contribution >= 4 is 17.9 Å². The molecule has 3 heterocycles. The largest absolute Gasteiger partial charge is 0.573 e. The zero-order chi connectivity index (χ0) is 25.3. The third-order valence-electron chi connectivity index (χ3n) is 7.96. The minimum atomic E-state index is -4.76. The molecule has 4 fully saturated rings. The Bertz CT molecular complexity index is 987. The normalized spacial score (nSPS) is 30.7. The fraction of sp³-hybridized carbons (Fsp3) is 0.600. The first-order valence-electron chi connectivity index (χ1n) is 12.6. The lowest BCUT2D eigenvalue weighted by Gasteiger charge is -2.33. The fourth-order valence-electron chi connectivity index (χ4n) is 6.05. The van der Waals surface area contributed by atoms with E-state index in [-0.39, 0.29) is 29.5 Å². The lowest BCUT2D eigenvalue weighted by atomic mass is 9.82. The van der Waals surface area contributed by atoms with E-state index in [1.807, 2.05) is 9.80 Å². The molecule has 4 aliphatic rings. The van der Waals surface area contributed by atoms with Gasteiger partial charge >= 0.3 is 6.36 Å². The molecule has 0 aromatic heterocycles. The maximum Gasteiger partial charge on any atom is 0.573 e. The summed E-state index contributed by atoms with van der Waals surface area (Å²) in [4.78, 5) is 29.8. The molecular formula is C25H32F3N5O3. The Morgan fingerprint density at radius 1 is 0.972 bits per heavy atom. The monoisotopic (exact) mass is 507 g/mol. The molecule has 36 heavy (non-hydrogen) atoms. The Morgan fingerprint density at radius 3 is 2.42 bits per heavy atom. The van der Waals surface area contributed by atoms with Crippen LogP contribution < -0.4 is 21.1 Å². The summed E-state index contributed by atoms with van der Waals surface area (Å²) in [7, 11) is 0. The number of nitrogens with one attached hydrogen (secondary N) is 3. The maximum absolute atomic E-state index is 13.2. The van der Waals surface area contributed by atoms with Crippen molar-refractivity contribution in [2.45, 2.75) is 50.6 Å². The zero-order valence-electron chi connectivity index (χ0n) is 20.0. The molecule has 3 saturated heterocycles. The average molecular weight is 508 g/mol. The van der Waals surface area contributed by atoms with Crippen molar-refractivity contribution in [1.29, 1.82) is 0 Å². The summed E-state index contributed by atoms with van der Waals surface area (Å²) in [6, 6.07) is 6.21. The number of carbonyl (C=O) groups is 2. The molecule has 2 amide bonds. The lowest BCUT2D eigenvalue weighted by Crippen LogP contribution is -2.46. The molecule has 0 spiro atoms. The van der Waals surface area contributed by atoms with Crippen LogP contribution in [0, 0.1) is 17.8 Å². The highest BCUT2D eigenvalue weighted by Gasteiger charge is 2.41. The molecule has 3 N–H and O–H groups in total. The zero-order valence-corrected chi connectivity index (χ0v) is 20.0. The Labute approximate surface area is 208 Å². The minimum absolute atomic E-state index is 0.0571. The van der Waals surface area contributed by atoms with E-state index in [0.29, 0.717) is 36.5 Å². The second-order valence-corrected chi connectivity index (χ2v) is 10.3. The quantitative estimate of drug-likeness (QED) is 0.543. The summed E-state index contributed by atoms with van der Waals surface area (Å²) in [5.41, 5.74) is 9.85. The molecule has 8 nitrogen and oxygen atoms in total. The third-order valence-corrected chi connectivity index (χ3v) is 7.96. The van der Waals surface area contributed by atoms with E-state index >= 15 is 0 Å². The number of hydrogen-bond acceptors (Lipinski definition) is 6. The molecule has 0 radical (unpaired) electrons. The molecule has 1 aromatic carbocycles. The number of amides is 2. The lowest BCUT2D eigenvalue weighted by molar-refractivity contribution is -0.274. The summed E-state index contributed by atoms with van der Waals surface area (Å²) < 4.78 is 41.3.